The van der Waals surface area contributed by atoms with Crippen LogP contribution in [0.1, 0.15) is 5.56 Å². The van der Waals surface area contributed by atoms with Crippen molar-refractivity contribution in [3.8, 4) is 0 Å². The van der Waals surface area contributed by atoms with Gasteiger partial charge in [-0.2, -0.15) is 0 Å². The molecular formula is C11H15F2NOS. The van der Waals surface area contributed by atoms with Crippen LogP contribution in [0.4, 0.5) is 8.78 Å². The van der Waals surface area contributed by atoms with Crippen LogP contribution >= 0.6 is 11.8 Å². The molecule has 0 radical (unpaired) electrons. The molecule has 0 fully saturated rings. The summed E-state index contributed by atoms with van der Waals surface area (Å²) in [5.74, 6) is -1.01. The summed E-state index contributed by atoms with van der Waals surface area (Å²) < 4.78 is 31.6. The number of thioether (sulfide) groups is 1. The van der Waals surface area contributed by atoms with Crippen molar-refractivity contribution in [2.45, 2.75) is 11.4 Å². The Bertz CT molecular complexity index is 324. The molecule has 0 atom stereocenters. The molecule has 1 rings (SSSR count). The SMILES string of the molecule is COCCNCc1cc(F)c(SC)c(F)c1. The van der Waals surface area contributed by atoms with Crippen LogP contribution in [-0.4, -0.2) is 26.5 Å². The quantitative estimate of drug-likeness (QED) is 0.616. The molecule has 5 heteroatoms. The molecule has 0 saturated carbocycles. The third-order valence-electron chi connectivity index (χ3n) is 2.07. The number of rotatable bonds is 6. The van der Waals surface area contributed by atoms with E-state index in [9.17, 15) is 8.78 Å². The van der Waals surface area contributed by atoms with Gasteiger partial charge in [-0.3, -0.25) is 0 Å². The topological polar surface area (TPSA) is 21.3 Å². The molecule has 0 saturated heterocycles. The number of hydrogen-bond donors (Lipinski definition) is 1. The van der Waals surface area contributed by atoms with E-state index in [4.69, 9.17) is 4.74 Å². The molecule has 1 N–H and O–H groups in total. The van der Waals surface area contributed by atoms with Crippen LogP contribution < -0.4 is 5.32 Å². The second-order valence-electron chi connectivity index (χ2n) is 3.26. The average Bonchev–Trinajstić information content (AvgIpc) is 2.24. The lowest BCUT2D eigenvalue weighted by Crippen LogP contribution is -2.18. The van der Waals surface area contributed by atoms with Gasteiger partial charge in [0, 0.05) is 20.2 Å². The summed E-state index contributed by atoms with van der Waals surface area (Å²) in [6.45, 7) is 1.67. The van der Waals surface area contributed by atoms with E-state index >= 15 is 0 Å². The molecule has 0 spiro atoms. The standard InChI is InChI=1S/C11H15F2NOS/c1-15-4-3-14-7-8-5-9(12)11(16-2)10(13)6-8/h5-6,14H,3-4,7H2,1-2H3. The summed E-state index contributed by atoms with van der Waals surface area (Å²) in [6, 6.07) is 2.71. The molecule has 0 unspecified atom stereocenters. The Kier molecular flexibility index (Phi) is 5.73. The number of halogens is 2. The molecule has 0 aliphatic heterocycles. The highest BCUT2D eigenvalue weighted by Crippen LogP contribution is 2.24. The van der Waals surface area contributed by atoms with Gasteiger partial charge in [-0.25, -0.2) is 8.78 Å². The minimum Gasteiger partial charge on any atom is -0.383 e. The maximum absolute atomic E-state index is 13.4. The summed E-state index contributed by atoms with van der Waals surface area (Å²) in [5.41, 5.74) is 0.601. The molecule has 0 aliphatic rings. The zero-order valence-electron chi connectivity index (χ0n) is 9.35. The van der Waals surface area contributed by atoms with Crippen molar-refractivity contribution in [3.63, 3.8) is 0 Å². The van der Waals surface area contributed by atoms with E-state index in [-0.39, 0.29) is 4.90 Å². The van der Waals surface area contributed by atoms with E-state index in [2.05, 4.69) is 5.32 Å². The molecule has 0 aromatic heterocycles. The summed E-state index contributed by atoms with van der Waals surface area (Å²) in [5, 5.41) is 3.03. The zero-order valence-corrected chi connectivity index (χ0v) is 10.2. The Labute approximate surface area is 98.4 Å². The first-order valence-corrected chi connectivity index (χ1v) is 6.13. The minimum absolute atomic E-state index is 0.0700. The highest BCUT2D eigenvalue weighted by Gasteiger charge is 2.09. The molecular weight excluding hydrogens is 232 g/mol. The van der Waals surface area contributed by atoms with Gasteiger partial charge in [0.1, 0.15) is 11.6 Å². The van der Waals surface area contributed by atoms with Crippen molar-refractivity contribution in [1.82, 2.24) is 5.32 Å². The monoisotopic (exact) mass is 247 g/mol. The Morgan fingerprint density at radius 3 is 2.44 bits per heavy atom. The van der Waals surface area contributed by atoms with E-state index in [1.807, 2.05) is 0 Å². The van der Waals surface area contributed by atoms with Crippen molar-refractivity contribution < 1.29 is 13.5 Å². The summed E-state index contributed by atoms with van der Waals surface area (Å²) in [4.78, 5) is 0.0700. The molecule has 0 heterocycles. The van der Waals surface area contributed by atoms with E-state index < -0.39 is 11.6 Å². The molecule has 2 nitrogen and oxygen atoms in total. The fraction of sp³-hybridized carbons (Fsp3) is 0.455. The number of ether oxygens (including phenoxy) is 1. The Morgan fingerprint density at radius 1 is 1.31 bits per heavy atom. The first-order chi connectivity index (χ1) is 7.69. The molecule has 16 heavy (non-hydrogen) atoms. The number of nitrogens with one attached hydrogen (secondary N) is 1. The van der Waals surface area contributed by atoms with Crippen LogP contribution in [-0.2, 0) is 11.3 Å². The van der Waals surface area contributed by atoms with E-state index in [0.717, 1.165) is 11.8 Å². The fourth-order valence-corrected chi connectivity index (χ4v) is 1.82. The zero-order chi connectivity index (χ0) is 12.0. The second kappa shape index (κ2) is 6.83. The third kappa shape index (κ3) is 3.73. The van der Waals surface area contributed by atoms with Crippen LogP contribution in [0.2, 0.25) is 0 Å². The molecule has 0 amide bonds. The van der Waals surface area contributed by atoms with E-state index in [0.29, 0.717) is 25.3 Å². The molecule has 1 aromatic rings. The number of hydrogen-bond acceptors (Lipinski definition) is 3. The predicted octanol–water partition coefficient (Wildman–Crippen LogP) is 2.42. The average molecular weight is 247 g/mol. The van der Waals surface area contributed by atoms with Crippen LogP contribution in [0.3, 0.4) is 0 Å². The fourth-order valence-electron chi connectivity index (χ4n) is 1.32. The van der Waals surface area contributed by atoms with Crippen LogP contribution in [0.25, 0.3) is 0 Å². The van der Waals surface area contributed by atoms with Gasteiger partial charge in [-0.1, -0.05) is 0 Å². The Balaban J connectivity index is 2.61. The largest absolute Gasteiger partial charge is 0.383 e. The Morgan fingerprint density at radius 2 is 1.94 bits per heavy atom. The van der Waals surface area contributed by atoms with E-state index in [1.165, 1.54) is 12.1 Å². The van der Waals surface area contributed by atoms with Gasteiger partial charge >= 0.3 is 0 Å². The van der Waals surface area contributed by atoms with E-state index in [1.54, 1.807) is 13.4 Å². The van der Waals surface area contributed by atoms with Gasteiger partial charge in [0.25, 0.3) is 0 Å². The van der Waals surface area contributed by atoms with Gasteiger partial charge in [-0.15, -0.1) is 11.8 Å². The highest BCUT2D eigenvalue weighted by molar-refractivity contribution is 7.98. The second-order valence-corrected chi connectivity index (χ2v) is 4.08. The van der Waals surface area contributed by atoms with Crippen molar-refractivity contribution in [2.24, 2.45) is 0 Å². The maximum Gasteiger partial charge on any atom is 0.140 e. The number of benzene rings is 1. The third-order valence-corrected chi connectivity index (χ3v) is 2.87. The van der Waals surface area contributed by atoms with Crippen LogP contribution in [0, 0.1) is 11.6 Å². The molecule has 90 valence electrons. The first kappa shape index (κ1) is 13.4. The smallest absolute Gasteiger partial charge is 0.140 e. The molecule has 0 aliphatic carbocycles. The lowest BCUT2D eigenvalue weighted by atomic mass is 10.2. The molecule has 0 bridgehead atoms. The minimum atomic E-state index is -0.504. The summed E-state index contributed by atoms with van der Waals surface area (Å²) >= 11 is 1.07. The van der Waals surface area contributed by atoms with Gasteiger partial charge in [0.2, 0.25) is 0 Å². The van der Waals surface area contributed by atoms with Crippen molar-refractivity contribution in [1.29, 1.82) is 0 Å². The first-order valence-electron chi connectivity index (χ1n) is 4.90. The lowest BCUT2D eigenvalue weighted by molar-refractivity contribution is 0.199. The molecule has 1 aromatic carbocycles. The van der Waals surface area contributed by atoms with Crippen LogP contribution in [0.15, 0.2) is 17.0 Å². The highest BCUT2D eigenvalue weighted by atomic mass is 32.2. The van der Waals surface area contributed by atoms with Gasteiger partial charge in [0.05, 0.1) is 11.5 Å². The Hall–Kier alpha value is -0.650. The van der Waals surface area contributed by atoms with Crippen LogP contribution in [0.5, 0.6) is 0 Å². The van der Waals surface area contributed by atoms with Crippen molar-refractivity contribution >= 4 is 11.8 Å². The van der Waals surface area contributed by atoms with Gasteiger partial charge < -0.3 is 10.1 Å². The van der Waals surface area contributed by atoms with Gasteiger partial charge in [-0.05, 0) is 24.0 Å². The normalized spacial score (nSPS) is 10.8. The summed E-state index contributed by atoms with van der Waals surface area (Å²) in [6.07, 6.45) is 1.65. The number of methoxy groups -OCH3 is 1. The summed E-state index contributed by atoms with van der Waals surface area (Å²) in [7, 11) is 1.61. The van der Waals surface area contributed by atoms with Crippen molar-refractivity contribution in [2.75, 3.05) is 26.5 Å². The van der Waals surface area contributed by atoms with Gasteiger partial charge in [0.15, 0.2) is 0 Å². The van der Waals surface area contributed by atoms with Crippen molar-refractivity contribution in [3.05, 3.63) is 29.3 Å². The lowest BCUT2D eigenvalue weighted by Gasteiger charge is -2.07. The predicted molar refractivity (Wildman–Crippen MR) is 61.7 cm³/mol. The maximum atomic E-state index is 13.4.